The highest BCUT2D eigenvalue weighted by molar-refractivity contribution is 5.92. The second-order valence-electron chi connectivity index (χ2n) is 5.14. The van der Waals surface area contributed by atoms with E-state index in [1.807, 2.05) is 22.9 Å². The molecule has 3 heteroatoms. The maximum Gasteiger partial charge on any atom is 0.176 e. The van der Waals surface area contributed by atoms with Crippen LogP contribution in [0.4, 0.5) is 0 Å². The number of Topliss-reactive ketones (excluding diaryl/α,β-unsaturated/α-hetero) is 1. The highest BCUT2D eigenvalue weighted by Crippen LogP contribution is 2.30. The van der Waals surface area contributed by atoms with Gasteiger partial charge in [0.05, 0.1) is 17.4 Å². The number of hydrogen-bond acceptors (Lipinski definition) is 2. The lowest BCUT2D eigenvalue weighted by Gasteiger charge is -2.20. The molecule has 1 aliphatic rings. The van der Waals surface area contributed by atoms with E-state index in [-0.39, 0.29) is 17.5 Å². The van der Waals surface area contributed by atoms with Crippen molar-refractivity contribution < 1.29 is 9.53 Å². The Kier molecular flexibility index (Phi) is 2.89. The summed E-state index contributed by atoms with van der Waals surface area (Å²) < 4.78 is 7.92. The van der Waals surface area contributed by atoms with Gasteiger partial charge in [-0.15, -0.1) is 0 Å². The monoisotopic (exact) mass is 221 g/mol. The summed E-state index contributed by atoms with van der Waals surface area (Å²) in [7, 11) is 0. The third-order valence-corrected chi connectivity index (χ3v) is 3.14. The predicted octanol–water partition coefficient (Wildman–Crippen LogP) is 2.65. The minimum Gasteiger partial charge on any atom is -0.370 e. The molecule has 16 heavy (non-hydrogen) atoms. The summed E-state index contributed by atoms with van der Waals surface area (Å²) >= 11 is 0. The van der Waals surface area contributed by atoms with Crippen molar-refractivity contribution in [3.63, 3.8) is 0 Å². The topological polar surface area (TPSA) is 31.2 Å². The Hall–Kier alpha value is -1.09. The van der Waals surface area contributed by atoms with Crippen LogP contribution in [-0.2, 0) is 11.3 Å². The Morgan fingerprint density at radius 3 is 2.94 bits per heavy atom. The first-order chi connectivity index (χ1) is 7.48. The minimum atomic E-state index is -0.00575. The zero-order valence-corrected chi connectivity index (χ0v) is 10.2. The van der Waals surface area contributed by atoms with E-state index < -0.39 is 0 Å². The highest BCUT2D eigenvalue weighted by atomic mass is 16.5. The van der Waals surface area contributed by atoms with Crippen LogP contribution in [-0.4, -0.2) is 22.1 Å². The van der Waals surface area contributed by atoms with Gasteiger partial charge in [-0.2, -0.15) is 0 Å². The van der Waals surface area contributed by atoms with E-state index in [1.54, 1.807) is 6.92 Å². The smallest absolute Gasteiger partial charge is 0.176 e. The first-order valence-electron chi connectivity index (χ1n) is 5.82. The zero-order chi connectivity index (χ0) is 11.8. The lowest BCUT2D eigenvalue weighted by atomic mass is 10.1. The van der Waals surface area contributed by atoms with Gasteiger partial charge in [-0.25, -0.2) is 0 Å². The largest absolute Gasteiger partial charge is 0.370 e. The van der Waals surface area contributed by atoms with Gasteiger partial charge in [0.25, 0.3) is 0 Å². The molecule has 88 valence electrons. The Labute approximate surface area is 96.4 Å². The quantitative estimate of drug-likeness (QED) is 0.735. The van der Waals surface area contributed by atoms with Crippen LogP contribution < -0.4 is 0 Å². The van der Waals surface area contributed by atoms with Gasteiger partial charge in [-0.05, 0) is 38.8 Å². The molecule has 0 bridgehead atoms. The molecule has 1 aliphatic heterocycles. The van der Waals surface area contributed by atoms with Crippen LogP contribution in [0, 0.1) is 0 Å². The fourth-order valence-electron chi connectivity index (χ4n) is 2.32. The number of ketones is 1. The van der Waals surface area contributed by atoms with Crippen LogP contribution >= 0.6 is 0 Å². The summed E-state index contributed by atoms with van der Waals surface area (Å²) in [5.74, 6) is 0.113. The van der Waals surface area contributed by atoms with E-state index in [0.29, 0.717) is 0 Å². The van der Waals surface area contributed by atoms with Gasteiger partial charge >= 0.3 is 0 Å². The number of nitrogens with zero attached hydrogens (tertiary/aromatic N) is 1. The summed E-state index contributed by atoms with van der Waals surface area (Å²) in [6.07, 6.45) is 4.35. The van der Waals surface area contributed by atoms with Crippen LogP contribution in [0.15, 0.2) is 18.3 Å². The molecule has 1 atom stereocenters. The molecule has 1 unspecified atom stereocenters. The van der Waals surface area contributed by atoms with Crippen LogP contribution in [0.3, 0.4) is 0 Å². The molecule has 2 rings (SSSR count). The molecule has 0 saturated carbocycles. The Balaban J connectivity index is 2.05. The first-order valence-corrected chi connectivity index (χ1v) is 5.82. The van der Waals surface area contributed by atoms with Crippen LogP contribution in [0.5, 0.6) is 0 Å². The molecule has 0 radical (unpaired) electrons. The third kappa shape index (κ3) is 2.35. The van der Waals surface area contributed by atoms with Crippen molar-refractivity contribution in [1.82, 2.24) is 4.57 Å². The Morgan fingerprint density at radius 2 is 2.38 bits per heavy atom. The molecule has 1 saturated heterocycles. The normalized spacial score (nSPS) is 23.6. The molecular formula is C13H19NO2. The van der Waals surface area contributed by atoms with Gasteiger partial charge in [-0.3, -0.25) is 4.79 Å². The molecule has 1 aromatic rings. The summed E-state index contributed by atoms with van der Waals surface area (Å²) in [5, 5.41) is 0. The Morgan fingerprint density at radius 1 is 1.62 bits per heavy atom. The SMILES string of the molecule is CC(=O)c1cccn1CC1CCC(C)(C)O1. The fraction of sp³-hybridized carbons (Fsp3) is 0.615. The van der Waals surface area contributed by atoms with Crippen LogP contribution in [0.25, 0.3) is 0 Å². The van der Waals surface area contributed by atoms with E-state index in [9.17, 15) is 4.79 Å². The molecule has 0 N–H and O–H groups in total. The van der Waals surface area contributed by atoms with Gasteiger partial charge in [-0.1, -0.05) is 0 Å². The van der Waals surface area contributed by atoms with Crippen molar-refractivity contribution in [2.75, 3.05) is 0 Å². The van der Waals surface area contributed by atoms with E-state index >= 15 is 0 Å². The van der Waals surface area contributed by atoms with E-state index in [4.69, 9.17) is 4.74 Å². The van der Waals surface area contributed by atoms with E-state index in [2.05, 4.69) is 13.8 Å². The standard InChI is InChI=1S/C13H19NO2/c1-10(15)12-5-4-8-14(12)9-11-6-7-13(2,3)16-11/h4-5,8,11H,6-7,9H2,1-3H3. The second-order valence-corrected chi connectivity index (χ2v) is 5.14. The molecule has 1 aromatic heterocycles. The van der Waals surface area contributed by atoms with Crippen molar-refractivity contribution in [3.8, 4) is 0 Å². The second kappa shape index (κ2) is 4.06. The fourth-order valence-corrected chi connectivity index (χ4v) is 2.32. The molecular weight excluding hydrogens is 202 g/mol. The number of rotatable bonds is 3. The first kappa shape index (κ1) is 11.4. The minimum absolute atomic E-state index is 0.00575. The van der Waals surface area contributed by atoms with Crippen molar-refractivity contribution in [2.45, 2.75) is 51.9 Å². The summed E-state index contributed by atoms with van der Waals surface area (Å²) in [6, 6.07) is 3.78. The van der Waals surface area contributed by atoms with E-state index in [1.165, 1.54) is 0 Å². The van der Waals surface area contributed by atoms with Crippen molar-refractivity contribution in [3.05, 3.63) is 24.0 Å². The summed E-state index contributed by atoms with van der Waals surface area (Å²) in [5.41, 5.74) is 0.766. The lowest BCUT2D eigenvalue weighted by Crippen LogP contribution is -2.23. The molecule has 3 nitrogen and oxygen atoms in total. The van der Waals surface area contributed by atoms with Gasteiger partial charge in [0.15, 0.2) is 5.78 Å². The number of ether oxygens (including phenoxy) is 1. The van der Waals surface area contributed by atoms with Gasteiger partial charge < -0.3 is 9.30 Å². The summed E-state index contributed by atoms with van der Waals surface area (Å²) in [6.45, 7) is 6.62. The number of aromatic nitrogens is 1. The van der Waals surface area contributed by atoms with Crippen molar-refractivity contribution in [2.24, 2.45) is 0 Å². The average molecular weight is 221 g/mol. The number of carbonyl (C=O) groups is 1. The third-order valence-electron chi connectivity index (χ3n) is 3.14. The van der Waals surface area contributed by atoms with Gasteiger partial charge in [0.2, 0.25) is 0 Å². The molecule has 0 spiro atoms. The maximum absolute atomic E-state index is 11.4. The van der Waals surface area contributed by atoms with E-state index in [0.717, 1.165) is 25.1 Å². The van der Waals surface area contributed by atoms with Crippen LogP contribution in [0.1, 0.15) is 44.1 Å². The molecule has 2 heterocycles. The molecule has 0 aliphatic carbocycles. The Bertz CT molecular complexity index is 392. The predicted molar refractivity (Wildman–Crippen MR) is 62.6 cm³/mol. The lowest BCUT2D eigenvalue weighted by molar-refractivity contribution is -0.0217. The average Bonchev–Trinajstić information content (AvgIpc) is 2.73. The summed E-state index contributed by atoms with van der Waals surface area (Å²) in [4.78, 5) is 11.4. The van der Waals surface area contributed by atoms with Gasteiger partial charge in [0.1, 0.15) is 0 Å². The number of carbonyl (C=O) groups excluding carboxylic acids is 1. The highest BCUT2D eigenvalue weighted by Gasteiger charge is 2.31. The van der Waals surface area contributed by atoms with Gasteiger partial charge in [0, 0.05) is 19.7 Å². The zero-order valence-electron chi connectivity index (χ0n) is 10.2. The maximum atomic E-state index is 11.4. The van der Waals surface area contributed by atoms with Crippen molar-refractivity contribution >= 4 is 5.78 Å². The molecule has 0 aromatic carbocycles. The van der Waals surface area contributed by atoms with Crippen LogP contribution in [0.2, 0.25) is 0 Å². The number of hydrogen-bond donors (Lipinski definition) is 0. The molecule has 1 fully saturated rings. The molecule has 0 amide bonds. The van der Waals surface area contributed by atoms with Crippen molar-refractivity contribution in [1.29, 1.82) is 0 Å².